The zero-order chi connectivity index (χ0) is 19.6. The van der Waals surface area contributed by atoms with Crippen LogP contribution >= 0.6 is 0 Å². The van der Waals surface area contributed by atoms with Crippen LogP contribution in [0, 0.1) is 10.1 Å². The molecule has 10 nitrogen and oxygen atoms in total. The Bertz CT molecular complexity index is 1120. The van der Waals surface area contributed by atoms with E-state index in [1.807, 2.05) is 0 Å². The second-order valence-corrected chi connectivity index (χ2v) is 5.63. The van der Waals surface area contributed by atoms with Crippen molar-refractivity contribution >= 4 is 34.1 Å². The van der Waals surface area contributed by atoms with Crippen molar-refractivity contribution in [2.24, 2.45) is 5.73 Å². The van der Waals surface area contributed by atoms with Crippen molar-refractivity contribution in [1.29, 1.82) is 0 Å². The third-order valence-corrected chi connectivity index (χ3v) is 3.79. The molecule has 0 radical (unpaired) electrons. The van der Waals surface area contributed by atoms with Crippen LogP contribution in [0.15, 0.2) is 53.6 Å². The van der Waals surface area contributed by atoms with E-state index in [0.29, 0.717) is 16.8 Å². The molecule has 27 heavy (non-hydrogen) atoms. The van der Waals surface area contributed by atoms with Crippen LogP contribution < -0.4 is 16.6 Å². The van der Waals surface area contributed by atoms with Gasteiger partial charge in [-0.3, -0.25) is 29.1 Å². The number of hydrogen-bond acceptors (Lipinski definition) is 6. The van der Waals surface area contributed by atoms with Gasteiger partial charge in [0.15, 0.2) is 0 Å². The summed E-state index contributed by atoms with van der Waals surface area (Å²) >= 11 is 0. The average Bonchev–Trinajstić information content (AvgIpc) is 2.64. The van der Waals surface area contributed by atoms with Crippen molar-refractivity contribution in [3.63, 3.8) is 0 Å². The first-order valence-electron chi connectivity index (χ1n) is 7.68. The quantitative estimate of drug-likeness (QED) is 0.508. The zero-order valence-electron chi connectivity index (χ0n) is 13.8. The molecule has 1 aromatic heterocycles. The van der Waals surface area contributed by atoms with Gasteiger partial charge in [-0.25, -0.2) is 4.98 Å². The van der Waals surface area contributed by atoms with E-state index in [9.17, 15) is 24.5 Å². The molecule has 0 aliphatic carbocycles. The van der Waals surface area contributed by atoms with Gasteiger partial charge in [-0.2, -0.15) is 0 Å². The van der Waals surface area contributed by atoms with E-state index in [4.69, 9.17) is 5.73 Å². The first-order chi connectivity index (χ1) is 12.8. The van der Waals surface area contributed by atoms with E-state index in [1.165, 1.54) is 42.7 Å². The number of hydrogen-bond donors (Lipinski definition) is 2. The number of benzene rings is 2. The van der Waals surface area contributed by atoms with Gasteiger partial charge in [-0.05, 0) is 30.3 Å². The first-order valence-corrected chi connectivity index (χ1v) is 7.68. The fourth-order valence-corrected chi connectivity index (χ4v) is 2.45. The van der Waals surface area contributed by atoms with Gasteiger partial charge in [-0.15, -0.1) is 0 Å². The number of fused-ring (bicyclic) bond motifs is 1. The highest BCUT2D eigenvalue weighted by Crippen LogP contribution is 2.16. The molecular formula is C17H13N5O5. The molecule has 1 heterocycles. The molecule has 0 aliphatic rings. The van der Waals surface area contributed by atoms with E-state index in [-0.39, 0.29) is 17.6 Å². The minimum absolute atomic E-state index is 0.0466. The summed E-state index contributed by atoms with van der Waals surface area (Å²) in [6.07, 6.45) is 1.20. The number of nitro benzene ring substituents is 1. The minimum atomic E-state index is -0.612. The lowest BCUT2D eigenvalue weighted by Gasteiger charge is -2.08. The number of non-ortho nitro benzene ring substituents is 1. The number of amides is 2. The van der Waals surface area contributed by atoms with Crippen molar-refractivity contribution in [2.75, 3.05) is 5.32 Å². The van der Waals surface area contributed by atoms with E-state index < -0.39 is 22.3 Å². The highest BCUT2D eigenvalue weighted by molar-refractivity contribution is 5.94. The van der Waals surface area contributed by atoms with Gasteiger partial charge >= 0.3 is 0 Å². The van der Waals surface area contributed by atoms with E-state index in [1.54, 1.807) is 0 Å². The summed E-state index contributed by atoms with van der Waals surface area (Å²) in [7, 11) is 0. The Morgan fingerprint density at radius 1 is 1.19 bits per heavy atom. The molecule has 2 amide bonds. The van der Waals surface area contributed by atoms with Crippen molar-refractivity contribution < 1.29 is 14.5 Å². The van der Waals surface area contributed by atoms with Crippen molar-refractivity contribution in [2.45, 2.75) is 6.54 Å². The van der Waals surface area contributed by atoms with Gasteiger partial charge in [0, 0.05) is 23.4 Å². The number of aromatic nitrogens is 2. The van der Waals surface area contributed by atoms with Crippen LogP contribution in [0.3, 0.4) is 0 Å². The molecule has 3 rings (SSSR count). The zero-order valence-corrected chi connectivity index (χ0v) is 13.8. The molecule has 3 aromatic rings. The van der Waals surface area contributed by atoms with Gasteiger partial charge in [0.2, 0.25) is 11.8 Å². The molecule has 0 unspecified atom stereocenters. The van der Waals surface area contributed by atoms with E-state index >= 15 is 0 Å². The minimum Gasteiger partial charge on any atom is -0.366 e. The molecule has 0 aliphatic heterocycles. The van der Waals surface area contributed by atoms with Crippen LogP contribution in [0.1, 0.15) is 10.4 Å². The summed E-state index contributed by atoms with van der Waals surface area (Å²) < 4.78 is 1.05. The van der Waals surface area contributed by atoms with Crippen LogP contribution in [-0.4, -0.2) is 26.3 Å². The molecule has 0 fully saturated rings. The normalized spacial score (nSPS) is 10.5. The smallest absolute Gasteiger partial charge is 0.270 e. The molecule has 0 saturated carbocycles. The maximum Gasteiger partial charge on any atom is 0.270 e. The topological polar surface area (TPSA) is 150 Å². The lowest BCUT2D eigenvalue weighted by atomic mass is 10.2. The molecule has 2 aromatic carbocycles. The van der Waals surface area contributed by atoms with Crippen LogP contribution in [0.5, 0.6) is 0 Å². The first kappa shape index (κ1) is 17.7. The predicted molar refractivity (Wildman–Crippen MR) is 96.2 cm³/mol. The number of carbonyl (C=O) groups excluding carboxylic acids is 2. The number of nitrogens with one attached hydrogen (secondary N) is 1. The number of primary amides is 1. The molecule has 136 valence electrons. The van der Waals surface area contributed by atoms with Crippen LogP contribution in [-0.2, 0) is 11.3 Å². The van der Waals surface area contributed by atoms with Crippen molar-refractivity contribution in [3.8, 4) is 0 Å². The van der Waals surface area contributed by atoms with Gasteiger partial charge < -0.3 is 11.1 Å². The van der Waals surface area contributed by atoms with Crippen molar-refractivity contribution in [1.82, 2.24) is 9.55 Å². The Morgan fingerprint density at radius 2 is 1.89 bits per heavy atom. The molecule has 0 atom stereocenters. The summed E-state index contributed by atoms with van der Waals surface area (Å²) in [5.41, 5.74) is 5.35. The highest BCUT2D eigenvalue weighted by Gasteiger charge is 2.12. The summed E-state index contributed by atoms with van der Waals surface area (Å²) in [5.74, 6) is -1.09. The Morgan fingerprint density at radius 3 is 2.52 bits per heavy atom. The number of nitrogens with two attached hydrogens (primary N) is 1. The second kappa shape index (κ2) is 7.04. The Labute approximate surface area is 151 Å². The number of carbonyl (C=O) groups is 2. The predicted octanol–water partition coefficient (Wildman–Crippen LogP) is 1.04. The van der Waals surface area contributed by atoms with Crippen LogP contribution in [0.25, 0.3) is 10.9 Å². The van der Waals surface area contributed by atoms with Gasteiger partial charge in [0.1, 0.15) is 6.54 Å². The summed E-state index contributed by atoms with van der Waals surface area (Å²) in [4.78, 5) is 50.0. The molecular weight excluding hydrogens is 354 g/mol. The van der Waals surface area contributed by atoms with E-state index in [0.717, 1.165) is 10.6 Å². The molecule has 0 spiro atoms. The van der Waals surface area contributed by atoms with E-state index in [2.05, 4.69) is 10.3 Å². The lowest BCUT2D eigenvalue weighted by Crippen LogP contribution is -2.28. The maximum atomic E-state index is 12.5. The fraction of sp³-hybridized carbons (Fsp3) is 0.0588. The largest absolute Gasteiger partial charge is 0.366 e. The molecule has 0 bridgehead atoms. The molecule has 0 saturated heterocycles. The van der Waals surface area contributed by atoms with Crippen LogP contribution in [0.4, 0.5) is 11.4 Å². The fourth-order valence-electron chi connectivity index (χ4n) is 2.45. The molecule has 3 N–H and O–H groups in total. The van der Waals surface area contributed by atoms with Crippen LogP contribution in [0.2, 0.25) is 0 Å². The Kier molecular flexibility index (Phi) is 4.62. The second-order valence-electron chi connectivity index (χ2n) is 5.63. The third kappa shape index (κ3) is 3.79. The maximum absolute atomic E-state index is 12.5. The highest BCUT2D eigenvalue weighted by atomic mass is 16.6. The third-order valence-electron chi connectivity index (χ3n) is 3.79. The number of nitrogens with zero attached hydrogens (tertiary/aromatic N) is 3. The summed E-state index contributed by atoms with van der Waals surface area (Å²) in [6.45, 7) is -0.331. The SMILES string of the molecule is NC(=O)c1ccc(NC(=O)Cn2cnc3ccc([N+](=O)[O-])cc3c2=O)cc1. The standard InChI is InChI=1S/C17H13N5O5/c18-16(24)10-1-3-11(4-2-10)20-15(23)8-21-9-19-14-6-5-12(22(26)27)7-13(14)17(21)25/h1-7,9H,8H2,(H2,18,24)(H,20,23). The Hall–Kier alpha value is -4.08. The monoisotopic (exact) mass is 367 g/mol. The number of nitro groups is 1. The van der Waals surface area contributed by atoms with Gasteiger partial charge in [0.25, 0.3) is 11.2 Å². The number of anilines is 1. The molecule has 10 heteroatoms. The Balaban J connectivity index is 1.82. The van der Waals surface area contributed by atoms with Gasteiger partial charge in [-0.1, -0.05) is 0 Å². The summed E-state index contributed by atoms with van der Waals surface area (Å²) in [6, 6.07) is 9.68. The summed E-state index contributed by atoms with van der Waals surface area (Å²) in [5, 5.41) is 13.5. The average molecular weight is 367 g/mol. The number of rotatable bonds is 5. The van der Waals surface area contributed by atoms with Crippen molar-refractivity contribution in [3.05, 3.63) is 74.8 Å². The van der Waals surface area contributed by atoms with Gasteiger partial charge in [0.05, 0.1) is 22.2 Å². The lowest BCUT2D eigenvalue weighted by molar-refractivity contribution is -0.384.